The molecule has 0 aromatic carbocycles. The van der Waals surface area contributed by atoms with Gasteiger partial charge in [0, 0.05) is 6.54 Å². The summed E-state index contributed by atoms with van der Waals surface area (Å²) in [5, 5.41) is 5.59. The standard InChI is InChI=1S/C13H23N3O2/c1-9-4-2-6-13(14,8-9)12(18)16-10-5-3-7-15-11(10)17/h9-10H,2-8,14H2,1H3,(H,15,17)(H,16,18). The number of nitrogens with two attached hydrogens (primary N) is 1. The van der Waals surface area contributed by atoms with Gasteiger partial charge in [0.05, 0.1) is 5.54 Å². The third-order valence-electron chi connectivity index (χ3n) is 4.08. The topological polar surface area (TPSA) is 84.2 Å². The fraction of sp³-hybridized carbons (Fsp3) is 0.846. The molecule has 4 N–H and O–H groups in total. The van der Waals surface area contributed by atoms with Crippen molar-refractivity contribution in [2.24, 2.45) is 11.7 Å². The Labute approximate surface area is 108 Å². The van der Waals surface area contributed by atoms with Gasteiger partial charge in [0.2, 0.25) is 11.8 Å². The molecule has 0 aromatic heterocycles. The van der Waals surface area contributed by atoms with E-state index in [4.69, 9.17) is 5.73 Å². The molecule has 1 aliphatic heterocycles. The monoisotopic (exact) mass is 253 g/mol. The van der Waals surface area contributed by atoms with E-state index >= 15 is 0 Å². The van der Waals surface area contributed by atoms with Crippen molar-refractivity contribution >= 4 is 11.8 Å². The Balaban J connectivity index is 1.95. The summed E-state index contributed by atoms with van der Waals surface area (Å²) in [6, 6.07) is -0.399. The van der Waals surface area contributed by atoms with Crippen LogP contribution in [-0.2, 0) is 9.59 Å². The third-order valence-corrected chi connectivity index (χ3v) is 4.08. The quantitative estimate of drug-likeness (QED) is 0.661. The van der Waals surface area contributed by atoms with Crippen LogP contribution in [0.3, 0.4) is 0 Å². The van der Waals surface area contributed by atoms with Gasteiger partial charge in [-0.25, -0.2) is 0 Å². The second-order valence-corrected chi connectivity index (χ2v) is 5.82. The zero-order valence-corrected chi connectivity index (χ0v) is 11.0. The van der Waals surface area contributed by atoms with Gasteiger partial charge in [-0.2, -0.15) is 0 Å². The molecule has 18 heavy (non-hydrogen) atoms. The zero-order valence-electron chi connectivity index (χ0n) is 11.0. The second-order valence-electron chi connectivity index (χ2n) is 5.82. The number of carbonyl (C=O) groups excluding carboxylic acids is 2. The van der Waals surface area contributed by atoms with E-state index in [2.05, 4.69) is 17.6 Å². The largest absolute Gasteiger partial charge is 0.354 e. The molecule has 3 unspecified atom stereocenters. The smallest absolute Gasteiger partial charge is 0.242 e. The van der Waals surface area contributed by atoms with Gasteiger partial charge in [-0.05, 0) is 31.6 Å². The lowest BCUT2D eigenvalue weighted by Gasteiger charge is -2.36. The van der Waals surface area contributed by atoms with Gasteiger partial charge in [-0.15, -0.1) is 0 Å². The van der Waals surface area contributed by atoms with Gasteiger partial charge in [-0.3, -0.25) is 9.59 Å². The third kappa shape index (κ3) is 2.83. The van der Waals surface area contributed by atoms with Crippen molar-refractivity contribution in [3.63, 3.8) is 0 Å². The number of carbonyl (C=O) groups is 2. The molecule has 2 amide bonds. The molecule has 0 spiro atoms. The number of hydrogen-bond acceptors (Lipinski definition) is 3. The molecule has 2 aliphatic rings. The molecule has 0 radical (unpaired) electrons. The van der Waals surface area contributed by atoms with E-state index in [1.807, 2.05) is 0 Å². The Morgan fingerprint density at radius 1 is 1.44 bits per heavy atom. The molecule has 1 aliphatic carbocycles. The molecule has 102 valence electrons. The number of amides is 2. The van der Waals surface area contributed by atoms with Crippen LogP contribution in [0.5, 0.6) is 0 Å². The first-order valence-corrected chi connectivity index (χ1v) is 6.89. The summed E-state index contributed by atoms with van der Waals surface area (Å²) in [7, 11) is 0. The molecule has 0 aromatic rings. The predicted molar refractivity (Wildman–Crippen MR) is 68.7 cm³/mol. The van der Waals surface area contributed by atoms with Crippen LogP contribution in [0.2, 0.25) is 0 Å². The van der Waals surface area contributed by atoms with Crippen LogP contribution in [0.1, 0.15) is 45.4 Å². The molecule has 1 saturated carbocycles. The highest BCUT2D eigenvalue weighted by Crippen LogP contribution is 2.30. The number of rotatable bonds is 2. The highest BCUT2D eigenvalue weighted by atomic mass is 16.2. The maximum Gasteiger partial charge on any atom is 0.242 e. The lowest BCUT2D eigenvalue weighted by Crippen LogP contribution is -2.61. The normalized spacial score (nSPS) is 36.9. The summed E-state index contributed by atoms with van der Waals surface area (Å²) in [4.78, 5) is 23.9. The van der Waals surface area contributed by atoms with Crippen molar-refractivity contribution < 1.29 is 9.59 Å². The van der Waals surface area contributed by atoms with Crippen molar-refractivity contribution in [3.05, 3.63) is 0 Å². The highest BCUT2D eigenvalue weighted by molar-refractivity contribution is 5.92. The van der Waals surface area contributed by atoms with Gasteiger partial charge < -0.3 is 16.4 Å². The van der Waals surface area contributed by atoms with Gasteiger partial charge in [-0.1, -0.05) is 19.8 Å². The van der Waals surface area contributed by atoms with E-state index in [1.54, 1.807) is 0 Å². The van der Waals surface area contributed by atoms with Crippen LogP contribution in [0, 0.1) is 5.92 Å². The average molecular weight is 253 g/mol. The van der Waals surface area contributed by atoms with Crippen LogP contribution < -0.4 is 16.4 Å². The first-order valence-electron chi connectivity index (χ1n) is 6.89. The molecule has 2 fully saturated rings. The summed E-state index contributed by atoms with van der Waals surface area (Å²) < 4.78 is 0. The van der Waals surface area contributed by atoms with Crippen LogP contribution in [0.25, 0.3) is 0 Å². The van der Waals surface area contributed by atoms with E-state index in [1.165, 1.54) is 0 Å². The molecule has 0 bridgehead atoms. The van der Waals surface area contributed by atoms with Crippen molar-refractivity contribution in [2.45, 2.75) is 57.0 Å². The van der Waals surface area contributed by atoms with Gasteiger partial charge in [0.25, 0.3) is 0 Å². The number of nitrogens with one attached hydrogen (secondary N) is 2. The minimum absolute atomic E-state index is 0.0814. The van der Waals surface area contributed by atoms with Gasteiger partial charge in [0.15, 0.2) is 0 Å². The van der Waals surface area contributed by atoms with Crippen LogP contribution >= 0.6 is 0 Å². The predicted octanol–water partition coefficient (Wildman–Crippen LogP) is 0.289. The first-order chi connectivity index (χ1) is 8.51. The van der Waals surface area contributed by atoms with Crippen molar-refractivity contribution in [1.82, 2.24) is 10.6 Å². The SMILES string of the molecule is CC1CCCC(N)(C(=O)NC2CCCNC2=O)C1. The van der Waals surface area contributed by atoms with E-state index in [9.17, 15) is 9.59 Å². The van der Waals surface area contributed by atoms with Gasteiger partial charge in [0.1, 0.15) is 6.04 Å². The molecular weight excluding hydrogens is 230 g/mol. The van der Waals surface area contributed by atoms with Crippen molar-refractivity contribution in [1.29, 1.82) is 0 Å². The molecule has 1 saturated heterocycles. The van der Waals surface area contributed by atoms with Crippen molar-refractivity contribution in [2.75, 3.05) is 6.54 Å². The van der Waals surface area contributed by atoms with Crippen LogP contribution in [-0.4, -0.2) is 29.9 Å². The Hall–Kier alpha value is -1.10. The van der Waals surface area contributed by atoms with Crippen LogP contribution in [0.15, 0.2) is 0 Å². The van der Waals surface area contributed by atoms with Crippen molar-refractivity contribution in [3.8, 4) is 0 Å². The molecule has 5 nitrogen and oxygen atoms in total. The summed E-state index contributed by atoms with van der Waals surface area (Å²) in [6.07, 6.45) is 5.18. The fourth-order valence-corrected chi connectivity index (χ4v) is 3.01. The Morgan fingerprint density at radius 3 is 2.89 bits per heavy atom. The number of piperidine rings is 1. The molecule has 1 heterocycles. The Kier molecular flexibility index (Phi) is 3.90. The second kappa shape index (κ2) is 5.26. The summed E-state index contributed by atoms with van der Waals surface area (Å²) >= 11 is 0. The Bertz CT molecular complexity index is 345. The summed E-state index contributed by atoms with van der Waals surface area (Å²) in [5.41, 5.74) is 5.43. The first kappa shape index (κ1) is 13.3. The fourth-order valence-electron chi connectivity index (χ4n) is 3.01. The minimum atomic E-state index is -0.782. The highest BCUT2D eigenvalue weighted by Gasteiger charge is 2.39. The molecular formula is C13H23N3O2. The summed E-state index contributed by atoms with van der Waals surface area (Å²) in [6.45, 7) is 2.83. The molecule has 5 heteroatoms. The average Bonchev–Trinajstić information content (AvgIpc) is 2.31. The maximum absolute atomic E-state index is 12.3. The number of hydrogen-bond donors (Lipinski definition) is 3. The van der Waals surface area contributed by atoms with E-state index in [0.717, 1.165) is 25.7 Å². The molecule has 3 atom stereocenters. The molecule has 2 rings (SSSR count). The van der Waals surface area contributed by atoms with Crippen LogP contribution in [0.4, 0.5) is 0 Å². The lowest BCUT2D eigenvalue weighted by molar-refractivity contribution is -0.134. The van der Waals surface area contributed by atoms with E-state index in [0.29, 0.717) is 25.3 Å². The van der Waals surface area contributed by atoms with Gasteiger partial charge >= 0.3 is 0 Å². The lowest BCUT2D eigenvalue weighted by atomic mass is 9.76. The summed E-state index contributed by atoms with van der Waals surface area (Å²) in [5.74, 6) is 0.243. The van der Waals surface area contributed by atoms with E-state index in [-0.39, 0.29) is 11.8 Å². The van der Waals surface area contributed by atoms with E-state index < -0.39 is 11.6 Å². The zero-order chi connectivity index (χ0) is 13.2. The Morgan fingerprint density at radius 2 is 2.22 bits per heavy atom. The maximum atomic E-state index is 12.3. The minimum Gasteiger partial charge on any atom is -0.354 e.